The van der Waals surface area contributed by atoms with Gasteiger partial charge in [0.2, 0.25) is 5.82 Å². The molecule has 2 atom stereocenters. The summed E-state index contributed by atoms with van der Waals surface area (Å²) < 4.78 is 13.6. The van der Waals surface area contributed by atoms with Crippen LogP contribution in [0.3, 0.4) is 0 Å². The third kappa shape index (κ3) is 3.32. The molecule has 1 aromatic carbocycles. The molecule has 110 valence electrons. The summed E-state index contributed by atoms with van der Waals surface area (Å²) >= 11 is 0. The van der Waals surface area contributed by atoms with Gasteiger partial charge in [0.1, 0.15) is 0 Å². The van der Waals surface area contributed by atoms with Gasteiger partial charge in [-0.2, -0.15) is 4.39 Å². The molecule has 0 saturated heterocycles. The fourth-order valence-electron chi connectivity index (χ4n) is 2.81. The molecule has 1 fully saturated rings. The molecule has 20 heavy (non-hydrogen) atoms. The summed E-state index contributed by atoms with van der Waals surface area (Å²) in [6, 6.07) is 4.02. The van der Waals surface area contributed by atoms with E-state index in [9.17, 15) is 19.6 Å². The summed E-state index contributed by atoms with van der Waals surface area (Å²) in [5.41, 5.74) is 0.169. The maximum absolute atomic E-state index is 13.6. The van der Waals surface area contributed by atoms with Crippen molar-refractivity contribution in [1.29, 1.82) is 0 Å². The molecule has 1 N–H and O–H groups in total. The predicted molar refractivity (Wildman–Crippen MR) is 72.8 cm³/mol. The molecule has 5 nitrogen and oxygen atoms in total. The average molecular weight is 282 g/mol. The van der Waals surface area contributed by atoms with Gasteiger partial charge in [-0.3, -0.25) is 15.0 Å². The van der Waals surface area contributed by atoms with E-state index < -0.39 is 16.4 Å². The van der Waals surface area contributed by atoms with Gasteiger partial charge in [0.05, 0.1) is 11.0 Å². The second-order valence-electron chi connectivity index (χ2n) is 5.38. The molecule has 1 aliphatic rings. The molecular weight excluding hydrogens is 263 g/mol. The number of hydrogen-bond donors (Lipinski definition) is 1. The van der Waals surface area contributed by atoms with Crippen LogP contribution in [-0.4, -0.2) is 34.1 Å². The minimum Gasteiger partial charge on any atom is -0.391 e. The third-order valence-corrected chi connectivity index (χ3v) is 3.90. The van der Waals surface area contributed by atoms with Gasteiger partial charge in [0.15, 0.2) is 0 Å². The number of halogens is 1. The van der Waals surface area contributed by atoms with Crippen LogP contribution in [0.25, 0.3) is 0 Å². The number of rotatable bonds is 4. The second kappa shape index (κ2) is 6.28. The molecule has 0 aliphatic heterocycles. The van der Waals surface area contributed by atoms with E-state index in [4.69, 9.17) is 0 Å². The van der Waals surface area contributed by atoms with Crippen LogP contribution in [0, 0.1) is 15.9 Å². The smallest absolute Gasteiger partial charge is 0.304 e. The van der Waals surface area contributed by atoms with E-state index in [2.05, 4.69) is 0 Å². The molecule has 0 bridgehead atoms. The Balaban J connectivity index is 2.05. The van der Waals surface area contributed by atoms with Gasteiger partial charge in [-0.25, -0.2) is 0 Å². The van der Waals surface area contributed by atoms with Crippen LogP contribution in [0.4, 0.5) is 10.1 Å². The largest absolute Gasteiger partial charge is 0.391 e. The quantitative estimate of drug-likeness (QED) is 0.680. The van der Waals surface area contributed by atoms with E-state index >= 15 is 0 Å². The summed E-state index contributed by atoms with van der Waals surface area (Å²) in [6.45, 7) is 0.469. The van der Waals surface area contributed by atoms with Crippen LogP contribution >= 0.6 is 0 Å². The molecule has 0 spiro atoms. The molecule has 1 saturated carbocycles. The van der Waals surface area contributed by atoms with E-state index in [0.717, 1.165) is 25.7 Å². The summed E-state index contributed by atoms with van der Waals surface area (Å²) in [6.07, 6.45) is 3.49. The van der Waals surface area contributed by atoms with Crippen molar-refractivity contribution in [2.75, 3.05) is 7.05 Å². The topological polar surface area (TPSA) is 66.6 Å². The molecule has 1 aromatic rings. The normalized spacial score (nSPS) is 23.0. The first-order chi connectivity index (χ1) is 9.49. The monoisotopic (exact) mass is 282 g/mol. The van der Waals surface area contributed by atoms with Crippen LogP contribution in [0.15, 0.2) is 18.2 Å². The molecular formula is C14H19FN2O3. The van der Waals surface area contributed by atoms with Crippen LogP contribution in [0.5, 0.6) is 0 Å². The van der Waals surface area contributed by atoms with Crippen molar-refractivity contribution in [3.05, 3.63) is 39.7 Å². The molecule has 1 aliphatic carbocycles. The first-order valence-corrected chi connectivity index (χ1v) is 6.80. The van der Waals surface area contributed by atoms with Gasteiger partial charge < -0.3 is 5.11 Å². The number of likely N-dealkylation sites (N-methyl/N-ethyl adjacent to an activating group) is 1. The van der Waals surface area contributed by atoms with Crippen molar-refractivity contribution in [3.8, 4) is 0 Å². The molecule has 0 aromatic heterocycles. The lowest BCUT2D eigenvalue weighted by molar-refractivity contribution is -0.387. The zero-order valence-electron chi connectivity index (χ0n) is 11.5. The highest BCUT2D eigenvalue weighted by Gasteiger charge is 2.26. The SMILES string of the molecule is CN(Cc1ccc([N+](=O)[O-])c(F)c1)C1CCCCC1O. The Morgan fingerprint density at radius 3 is 2.75 bits per heavy atom. The predicted octanol–water partition coefficient (Wildman–Crippen LogP) is 2.47. The standard InChI is InChI=1S/C14H19FN2O3/c1-16(13-4-2-3-5-14(13)18)9-10-6-7-12(17(19)20)11(15)8-10/h6-8,13-14,18H,2-5,9H2,1H3. The molecule has 0 radical (unpaired) electrons. The zero-order valence-corrected chi connectivity index (χ0v) is 11.5. The van der Waals surface area contributed by atoms with E-state index in [-0.39, 0.29) is 12.1 Å². The Kier molecular flexibility index (Phi) is 4.67. The number of nitrogens with zero attached hydrogens (tertiary/aromatic N) is 2. The summed E-state index contributed by atoms with van der Waals surface area (Å²) in [4.78, 5) is 11.8. The Morgan fingerprint density at radius 1 is 1.45 bits per heavy atom. The van der Waals surface area contributed by atoms with E-state index in [0.29, 0.717) is 12.1 Å². The number of nitro groups is 1. The maximum atomic E-state index is 13.6. The summed E-state index contributed by atoms with van der Waals surface area (Å²) in [5, 5.41) is 20.6. The number of benzene rings is 1. The lowest BCUT2D eigenvalue weighted by Gasteiger charge is -2.35. The van der Waals surface area contributed by atoms with Gasteiger partial charge in [0.25, 0.3) is 0 Å². The lowest BCUT2D eigenvalue weighted by atomic mass is 9.91. The number of aliphatic hydroxyl groups excluding tert-OH is 1. The van der Waals surface area contributed by atoms with E-state index in [1.54, 1.807) is 6.07 Å². The van der Waals surface area contributed by atoms with Gasteiger partial charge >= 0.3 is 5.69 Å². The molecule has 6 heteroatoms. The maximum Gasteiger partial charge on any atom is 0.304 e. The van der Waals surface area contributed by atoms with Crippen LogP contribution < -0.4 is 0 Å². The Hall–Kier alpha value is -1.53. The Labute approximate surface area is 117 Å². The third-order valence-electron chi connectivity index (χ3n) is 3.90. The first-order valence-electron chi connectivity index (χ1n) is 6.80. The zero-order chi connectivity index (χ0) is 14.7. The first kappa shape index (κ1) is 14.9. The van der Waals surface area contributed by atoms with Crippen molar-refractivity contribution < 1.29 is 14.4 Å². The van der Waals surface area contributed by atoms with E-state index in [1.807, 2.05) is 11.9 Å². The second-order valence-corrected chi connectivity index (χ2v) is 5.38. The molecule has 0 heterocycles. The molecule has 2 unspecified atom stereocenters. The summed E-state index contributed by atoms with van der Waals surface area (Å²) in [7, 11) is 1.89. The highest BCUT2D eigenvalue weighted by atomic mass is 19.1. The highest BCUT2D eigenvalue weighted by Crippen LogP contribution is 2.24. The van der Waals surface area contributed by atoms with Gasteiger partial charge in [-0.15, -0.1) is 0 Å². The highest BCUT2D eigenvalue weighted by molar-refractivity contribution is 5.35. The fraction of sp³-hybridized carbons (Fsp3) is 0.571. The molecule has 0 amide bonds. The van der Waals surface area contributed by atoms with Crippen LogP contribution in [0.1, 0.15) is 31.2 Å². The van der Waals surface area contributed by atoms with Crippen molar-refractivity contribution in [3.63, 3.8) is 0 Å². The van der Waals surface area contributed by atoms with Crippen molar-refractivity contribution >= 4 is 5.69 Å². The average Bonchev–Trinajstić information content (AvgIpc) is 2.38. The van der Waals surface area contributed by atoms with Gasteiger partial charge in [0, 0.05) is 18.7 Å². The van der Waals surface area contributed by atoms with E-state index in [1.165, 1.54) is 12.1 Å². The van der Waals surface area contributed by atoms with Gasteiger partial charge in [-0.05, 0) is 31.5 Å². The fourth-order valence-corrected chi connectivity index (χ4v) is 2.81. The van der Waals surface area contributed by atoms with Crippen LogP contribution in [-0.2, 0) is 6.54 Å². The van der Waals surface area contributed by atoms with Crippen LogP contribution in [0.2, 0.25) is 0 Å². The minimum atomic E-state index is -0.815. The molecule has 2 rings (SSSR count). The minimum absolute atomic E-state index is 0.0713. The Bertz CT molecular complexity index is 495. The number of nitro benzene ring substituents is 1. The van der Waals surface area contributed by atoms with Crippen molar-refractivity contribution in [1.82, 2.24) is 4.90 Å². The number of aliphatic hydroxyl groups is 1. The summed E-state index contributed by atoms with van der Waals surface area (Å²) in [5.74, 6) is -0.815. The van der Waals surface area contributed by atoms with Crippen molar-refractivity contribution in [2.45, 2.75) is 44.4 Å². The Morgan fingerprint density at radius 2 is 2.15 bits per heavy atom. The van der Waals surface area contributed by atoms with Gasteiger partial charge in [-0.1, -0.05) is 18.9 Å². The number of hydrogen-bond acceptors (Lipinski definition) is 4. The lowest BCUT2D eigenvalue weighted by Crippen LogP contribution is -2.42. The van der Waals surface area contributed by atoms with Crippen molar-refractivity contribution in [2.24, 2.45) is 0 Å².